The molecule has 2 heterocycles. The molecule has 0 aromatic carbocycles. The summed E-state index contributed by atoms with van der Waals surface area (Å²) in [7, 11) is 1.26. The van der Waals surface area contributed by atoms with E-state index >= 15 is 0 Å². The molecule has 2 aromatic rings. The average Bonchev–Trinajstić information content (AvgIpc) is 2.81. The Morgan fingerprint density at radius 2 is 2.31 bits per heavy atom. The van der Waals surface area contributed by atoms with Gasteiger partial charge in [-0.05, 0) is 0 Å². The number of esters is 1. The SMILES string of the molecule is COC(=O)c1cnc(-c2cn[nH]n2)nc1N. The van der Waals surface area contributed by atoms with E-state index in [2.05, 4.69) is 30.1 Å². The van der Waals surface area contributed by atoms with Crippen molar-refractivity contribution in [2.24, 2.45) is 0 Å². The number of aromatic nitrogens is 5. The second kappa shape index (κ2) is 3.93. The van der Waals surface area contributed by atoms with Crippen LogP contribution in [0.4, 0.5) is 5.82 Å². The van der Waals surface area contributed by atoms with Crippen molar-refractivity contribution in [1.29, 1.82) is 0 Å². The van der Waals surface area contributed by atoms with Gasteiger partial charge in [-0.2, -0.15) is 15.4 Å². The van der Waals surface area contributed by atoms with Crippen LogP contribution in [0.15, 0.2) is 12.4 Å². The van der Waals surface area contributed by atoms with Gasteiger partial charge < -0.3 is 10.5 Å². The van der Waals surface area contributed by atoms with E-state index in [1.165, 1.54) is 19.5 Å². The topological polar surface area (TPSA) is 120 Å². The highest BCUT2D eigenvalue weighted by molar-refractivity contribution is 5.93. The zero-order valence-electron chi connectivity index (χ0n) is 8.34. The summed E-state index contributed by atoms with van der Waals surface area (Å²) in [6, 6.07) is 0. The summed E-state index contributed by atoms with van der Waals surface area (Å²) < 4.78 is 4.51. The first-order valence-corrected chi connectivity index (χ1v) is 4.29. The number of hydrogen-bond donors (Lipinski definition) is 2. The zero-order valence-corrected chi connectivity index (χ0v) is 8.34. The van der Waals surface area contributed by atoms with E-state index in [9.17, 15) is 4.79 Å². The summed E-state index contributed by atoms with van der Waals surface area (Å²) in [5.41, 5.74) is 6.16. The molecule has 8 nitrogen and oxygen atoms in total. The van der Waals surface area contributed by atoms with Gasteiger partial charge in [0.25, 0.3) is 0 Å². The maximum atomic E-state index is 11.2. The smallest absolute Gasteiger partial charge is 0.343 e. The summed E-state index contributed by atoms with van der Waals surface area (Å²) >= 11 is 0. The van der Waals surface area contributed by atoms with Crippen molar-refractivity contribution >= 4 is 11.8 Å². The summed E-state index contributed by atoms with van der Waals surface area (Å²) in [6.07, 6.45) is 2.74. The molecule has 3 N–H and O–H groups in total. The van der Waals surface area contributed by atoms with Crippen molar-refractivity contribution in [1.82, 2.24) is 25.4 Å². The van der Waals surface area contributed by atoms with Gasteiger partial charge in [0.1, 0.15) is 17.1 Å². The molecule has 0 bridgehead atoms. The molecule has 0 unspecified atom stereocenters. The van der Waals surface area contributed by atoms with Gasteiger partial charge in [-0.25, -0.2) is 14.8 Å². The molecule has 0 saturated carbocycles. The van der Waals surface area contributed by atoms with Gasteiger partial charge in [-0.1, -0.05) is 0 Å². The highest BCUT2D eigenvalue weighted by Gasteiger charge is 2.14. The van der Waals surface area contributed by atoms with Crippen LogP contribution in [0.2, 0.25) is 0 Å². The van der Waals surface area contributed by atoms with Crippen molar-refractivity contribution in [3.05, 3.63) is 18.0 Å². The van der Waals surface area contributed by atoms with Gasteiger partial charge in [-0.3, -0.25) is 0 Å². The lowest BCUT2D eigenvalue weighted by molar-refractivity contribution is 0.0601. The fourth-order valence-electron chi connectivity index (χ4n) is 1.10. The van der Waals surface area contributed by atoms with Crippen LogP contribution < -0.4 is 5.73 Å². The number of ether oxygens (including phenoxy) is 1. The first-order chi connectivity index (χ1) is 7.72. The molecule has 0 aliphatic heterocycles. The molecule has 0 atom stereocenters. The third-order valence-corrected chi connectivity index (χ3v) is 1.87. The Morgan fingerprint density at radius 3 is 2.88 bits per heavy atom. The quantitative estimate of drug-likeness (QED) is 0.662. The standard InChI is InChI=1S/C8H8N6O2/c1-16-8(15)4-2-10-7(12-6(4)9)5-3-11-14-13-5/h2-3H,1H3,(H2,9,10,12)(H,11,13,14). The molecule has 0 saturated heterocycles. The van der Waals surface area contributed by atoms with E-state index in [0.717, 1.165) is 0 Å². The third kappa shape index (κ3) is 1.67. The average molecular weight is 220 g/mol. The van der Waals surface area contributed by atoms with Crippen molar-refractivity contribution in [2.45, 2.75) is 0 Å². The number of nitrogens with zero attached hydrogens (tertiary/aromatic N) is 4. The van der Waals surface area contributed by atoms with E-state index in [1.807, 2.05) is 0 Å². The van der Waals surface area contributed by atoms with E-state index < -0.39 is 5.97 Å². The van der Waals surface area contributed by atoms with Crippen LogP contribution in [0.25, 0.3) is 11.5 Å². The Labute approximate surface area is 89.9 Å². The number of nitrogen functional groups attached to an aromatic ring is 1. The summed E-state index contributed by atoms with van der Waals surface area (Å²) in [5, 5.41) is 9.83. The van der Waals surface area contributed by atoms with Gasteiger partial charge >= 0.3 is 5.97 Å². The molecule has 0 fully saturated rings. The zero-order chi connectivity index (χ0) is 11.5. The van der Waals surface area contributed by atoms with Crippen molar-refractivity contribution in [3.8, 4) is 11.5 Å². The number of rotatable bonds is 2. The third-order valence-electron chi connectivity index (χ3n) is 1.87. The Bertz CT molecular complexity index is 509. The fraction of sp³-hybridized carbons (Fsp3) is 0.125. The molecule has 0 amide bonds. The number of methoxy groups -OCH3 is 1. The number of hydrogen-bond acceptors (Lipinski definition) is 7. The Kier molecular flexibility index (Phi) is 2.46. The van der Waals surface area contributed by atoms with Crippen LogP contribution in [-0.4, -0.2) is 38.5 Å². The lowest BCUT2D eigenvalue weighted by Gasteiger charge is -2.02. The second-order valence-electron chi connectivity index (χ2n) is 2.84. The molecule has 82 valence electrons. The summed E-state index contributed by atoms with van der Waals surface area (Å²) in [5.74, 6) is -0.247. The van der Waals surface area contributed by atoms with Gasteiger partial charge in [-0.15, -0.1) is 0 Å². The fourth-order valence-corrected chi connectivity index (χ4v) is 1.10. The Morgan fingerprint density at radius 1 is 1.50 bits per heavy atom. The van der Waals surface area contributed by atoms with Crippen molar-refractivity contribution in [2.75, 3.05) is 12.8 Å². The molecular weight excluding hydrogens is 212 g/mol. The van der Waals surface area contributed by atoms with Gasteiger partial charge in [0.15, 0.2) is 5.82 Å². The number of nitrogens with one attached hydrogen (secondary N) is 1. The lowest BCUT2D eigenvalue weighted by atomic mass is 10.3. The molecule has 0 radical (unpaired) electrons. The predicted octanol–water partition coefficient (Wildman–Crippen LogP) is -0.370. The molecule has 16 heavy (non-hydrogen) atoms. The lowest BCUT2D eigenvalue weighted by Crippen LogP contribution is -2.09. The molecule has 2 aromatic heterocycles. The molecule has 2 rings (SSSR count). The summed E-state index contributed by atoms with van der Waals surface area (Å²) in [4.78, 5) is 19.1. The second-order valence-corrected chi connectivity index (χ2v) is 2.84. The first-order valence-electron chi connectivity index (χ1n) is 4.29. The number of anilines is 1. The van der Waals surface area contributed by atoms with E-state index in [-0.39, 0.29) is 11.4 Å². The molecule has 0 spiro atoms. The molecule has 0 aliphatic rings. The highest BCUT2D eigenvalue weighted by atomic mass is 16.5. The largest absolute Gasteiger partial charge is 0.465 e. The minimum Gasteiger partial charge on any atom is -0.465 e. The normalized spacial score (nSPS) is 10.1. The molecule has 8 heteroatoms. The Balaban J connectivity index is 2.41. The van der Waals surface area contributed by atoms with Crippen LogP contribution in [0.5, 0.6) is 0 Å². The highest BCUT2D eigenvalue weighted by Crippen LogP contribution is 2.14. The van der Waals surface area contributed by atoms with Crippen molar-refractivity contribution in [3.63, 3.8) is 0 Å². The number of carbonyl (C=O) groups is 1. The molecular formula is C8H8N6O2. The number of carbonyl (C=O) groups excluding carboxylic acids is 1. The van der Waals surface area contributed by atoms with Gasteiger partial charge in [0.2, 0.25) is 0 Å². The van der Waals surface area contributed by atoms with E-state index in [4.69, 9.17) is 5.73 Å². The van der Waals surface area contributed by atoms with E-state index in [1.54, 1.807) is 0 Å². The number of nitrogens with two attached hydrogens (primary N) is 1. The van der Waals surface area contributed by atoms with Crippen LogP contribution in [0.3, 0.4) is 0 Å². The monoisotopic (exact) mass is 220 g/mol. The van der Waals surface area contributed by atoms with E-state index in [0.29, 0.717) is 11.5 Å². The summed E-state index contributed by atoms with van der Waals surface area (Å²) in [6.45, 7) is 0. The predicted molar refractivity (Wildman–Crippen MR) is 53.2 cm³/mol. The van der Waals surface area contributed by atoms with Crippen LogP contribution in [-0.2, 0) is 4.74 Å². The van der Waals surface area contributed by atoms with Crippen LogP contribution in [0.1, 0.15) is 10.4 Å². The maximum absolute atomic E-state index is 11.2. The van der Waals surface area contributed by atoms with Gasteiger partial charge in [0, 0.05) is 6.20 Å². The minimum absolute atomic E-state index is 0.0415. The van der Waals surface area contributed by atoms with Crippen molar-refractivity contribution < 1.29 is 9.53 Å². The van der Waals surface area contributed by atoms with Crippen LogP contribution >= 0.6 is 0 Å². The minimum atomic E-state index is -0.579. The number of aromatic amines is 1. The number of H-pyrrole nitrogens is 1. The first kappa shape index (κ1) is 10.0. The van der Waals surface area contributed by atoms with Crippen LogP contribution in [0, 0.1) is 0 Å². The van der Waals surface area contributed by atoms with Gasteiger partial charge in [0.05, 0.1) is 13.3 Å². The Hall–Kier alpha value is -2.51. The molecule has 0 aliphatic carbocycles. The maximum Gasteiger partial charge on any atom is 0.343 e.